The number of fused-ring (bicyclic) bond motifs is 4. The topological polar surface area (TPSA) is 65.6 Å². The van der Waals surface area contributed by atoms with Gasteiger partial charge in [-0.25, -0.2) is 15.0 Å². The molecular formula is C22H27N5O. The summed E-state index contributed by atoms with van der Waals surface area (Å²) in [5, 5.41) is 0.589. The van der Waals surface area contributed by atoms with Crippen LogP contribution in [-0.4, -0.2) is 24.1 Å². The molecule has 0 aliphatic rings. The molecule has 28 heavy (non-hydrogen) atoms. The molecule has 1 atom stereocenters. The second-order valence-corrected chi connectivity index (χ2v) is 7.51. The number of hydrogen-bond acceptors (Lipinski definition) is 4. The van der Waals surface area contributed by atoms with Gasteiger partial charge in [-0.3, -0.25) is 9.36 Å². The maximum atomic E-state index is 13.3. The van der Waals surface area contributed by atoms with Crippen molar-refractivity contribution in [1.82, 2.24) is 24.1 Å². The van der Waals surface area contributed by atoms with Crippen LogP contribution in [0.4, 0.5) is 0 Å². The third-order valence-electron chi connectivity index (χ3n) is 5.58. The van der Waals surface area contributed by atoms with Crippen molar-refractivity contribution in [2.75, 3.05) is 0 Å². The molecule has 3 aromatic heterocycles. The van der Waals surface area contributed by atoms with Crippen LogP contribution in [0.2, 0.25) is 0 Å². The molecule has 6 heteroatoms. The first-order valence-electron chi connectivity index (χ1n) is 10.3. The van der Waals surface area contributed by atoms with Gasteiger partial charge in [0.05, 0.1) is 11.0 Å². The highest BCUT2D eigenvalue weighted by Crippen LogP contribution is 2.26. The van der Waals surface area contributed by atoms with Crippen LogP contribution in [-0.2, 0) is 6.54 Å². The van der Waals surface area contributed by atoms with Crippen molar-refractivity contribution in [3.05, 3.63) is 40.9 Å². The summed E-state index contributed by atoms with van der Waals surface area (Å²) in [4.78, 5) is 27.7. The summed E-state index contributed by atoms with van der Waals surface area (Å²) in [6, 6.07) is 7.91. The fraction of sp³-hybridized carbons (Fsp3) is 0.455. The largest absolute Gasteiger partial charge is 0.308 e. The maximum absolute atomic E-state index is 13.3. The van der Waals surface area contributed by atoms with Gasteiger partial charge in [-0.1, -0.05) is 45.2 Å². The predicted octanol–water partition coefficient (Wildman–Crippen LogP) is 4.85. The first-order valence-corrected chi connectivity index (χ1v) is 10.3. The van der Waals surface area contributed by atoms with E-state index in [2.05, 4.69) is 23.4 Å². The van der Waals surface area contributed by atoms with Gasteiger partial charge in [-0.2, -0.15) is 0 Å². The van der Waals surface area contributed by atoms with E-state index >= 15 is 0 Å². The molecule has 3 heterocycles. The van der Waals surface area contributed by atoms with Crippen LogP contribution >= 0.6 is 0 Å². The van der Waals surface area contributed by atoms with E-state index in [-0.39, 0.29) is 11.6 Å². The summed E-state index contributed by atoms with van der Waals surface area (Å²) in [6.07, 6.45) is 7.15. The monoisotopic (exact) mass is 377 g/mol. The Labute approximate surface area is 164 Å². The molecule has 4 aromatic rings. The van der Waals surface area contributed by atoms with Gasteiger partial charge in [0.25, 0.3) is 5.56 Å². The average Bonchev–Trinajstić information content (AvgIpc) is 3.02. The lowest BCUT2D eigenvalue weighted by Gasteiger charge is -2.12. The molecule has 1 aromatic carbocycles. The summed E-state index contributed by atoms with van der Waals surface area (Å²) in [5.41, 5.74) is 3.75. The van der Waals surface area contributed by atoms with Crippen LogP contribution in [0.15, 0.2) is 35.4 Å². The summed E-state index contributed by atoms with van der Waals surface area (Å²) in [5.74, 6) is 0. The fourth-order valence-corrected chi connectivity index (χ4v) is 3.74. The van der Waals surface area contributed by atoms with Gasteiger partial charge in [0.1, 0.15) is 17.2 Å². The third kappa shape index (κ3) is 3.07. The quantitative estimate of drug-likeness (QED) is 0.432. The fourth-order valence-electron chi connectivity index (χ4n) is 3.74. The molecule has 0 saturated heterocycles. The smallest absolute Gasteiger partial charge is 0.265 e. The molecule has 0 fully saturated rings. The average molecular weight is 377 g/mol. The van der Waals surface area contributed by atoms with E-state index in [1.54, 1.807) is 10.9 Å². The Morgan fingerprint density at radius 1 is 1.00 bits per heavy atom. The second kappa shape index (κ2) is 7.70. The zero-order chi connectivity index (χ0) is 19.7. The van der Waals surface area contributed by atoms with E-state index < -0.39 is 0 Å². The Morgan fingerprint density at radius 2 is 1.75 bits per heavy atom. The minimum Gasteiger partial charge on any atom is -0.308 e. The Kier molecular flexibility index (Phi) is 5.11. The van der Waals surface area contributed by atoms with Gasteiger partial charge in [-0.15, -0.1) is 0 Å². The number of unbranched alkanes of at least 4 members (excludes halogenated alkanes) is 3. The number of aromatic nitrogens is 5. The van der Waals surface area contributed by atoms with Crippen molar-refractivity contribution in [2.24, 2.45) is 0 Å². The van der Waals surface area contributed by atoms with E-state index in [1.807, 2.05) is 31.2 Å². The highest BCUT2D eigenvalue weighted by molar-refractivity contribution is 6.04. The highest BCUT2D eigenvalue weighted by Gasteiger charge is 2.20. The minimum absolute atomic E-state index is 0.0266. The highest BCUT2D eigenvalue weighted by atomic mass is 16.1. The lowest BCUT2D eigenvalue weighted by molar-refractivity contribution is 0.509. The summed E-state index contributed by atoms with van der Waals surface area (Å²) in [6.45, 7) is 7.12. The zero-order valence-electron chi connectivity index (χ0n) is 16.9. The van der Waals surface area contributed by atoms with Crippen LogP contribution < -0.4 is 5.56 Å². The molecule has 0 radical (unpaired) electrons. The van der Waals surface area contributed by atoms with Crippen LogP contribution in [0.1, 0.15) is 58.9 Å². The molecule has 0 aliphatic carbocycles. The lowest BCUT2D eigenvalue weighted by Crippen LogP contribution is -2.23. The molecule has 0 amide bonds. The van der Waals surface area contributed by atoms with E-state index in [0.29, 0.717) is 16.6 Å². The van der Waals surface area contributed by atoms with Gasteiger partial charge in [0.15, 0.2) is 11.3 Å². The number of rotatable bonds is 7. The van der Waals surface area contributed by atoms with Crippen molar-refractivity contribution in [3.8, 4) is 0 Å². The second-order valence-electron chi connectivity index (χ2n) is 7.51. The first-order chi connectivity index (χ1) is 13.7. The normalized spacial score (nSPS) is 13.0. The Morgan fingerprint density at radius 3 is 2.46 bits per heavy atom. The van der Waals surface area contributed by atoms with Crippen LogP contribution in [0.5, 0.6) is 0 Å². The predicted molar refractivity (Wildman–Crippen MR) is 114 cm³/mol. The summed E-state index contributed by atoms with van der Waals surface area (Å²) in [7, 11) is 0. The van der Waals surface area contributed by atoms with Gasteiger partial charge in [-0.05, 0) is 31.9 Å². The van der Waals surface area contributed by atoms with Crippen molar-refractivity contribution in [1.29, 1.82) is 0 Å². The molecule has 146 valence electrons. The lowest BCUT2D eigenvalue weighted by atomic mass is 10.2. The molecule has 0 saturated carbocycles. The van der Waals surface area contributed by atoms with Gasteiger partial charge >= 0.3 is 0 Å². The number of aryl methyl sites for hydroxylation is 1. The number of hydrogen-bond donors (Lipinski definition) is 0. The van der Waals surface area contributed by atoms with Crippen LogP contribution in [0, 0.1) is 0 Å². The zero-order valence-corrected chi connectivity index (χ0v) is 16.9. The molecule has 0 aliphatic heterocycles. The van der Waals surface area contributed by atoms with Gasteiger partial charge in [0, 0.05) is 12.6 Å². The van der Waals surface area contributed by atoms with Crippen LogP contribution in [0.25, 0.3) is 33.2 Å². The molecule has 0 N–H and O–H groups in total. The molecule has 0 spiro atoms. The summed E-state index contributed by atoms with van der Waals surface area (Å²) >= 11 is 0. The number of nitrogens with zero attached hydrogens (tertiary/aromatic N) is 5. The van der Waals surface area contributed by atoms with Crippen molar-refractivity contribution in [3.63, 3.8) is 0 Å². The summed E-state index contributed by atoms with van der Waals surface area (Å²) < 4.78 is 3.81. The first kappa shape index (κ1) is 18.6. The van der Waals surface area contributed by atoms with E-state index in [1.165, 1.54) is 12.8 Å². The maximum Gasteiger partial charge on any atom is 0.265 e. The van der Waals surface area contributed by atoms with Crippen LogP contribution in [0.3, 0.4) is 0 Å². The van der Waals surface area contributed by atoms with E-state index in [9.17, 15) is 4.79 Å². The molecule has 6 nitrogen and oxygen atoms in total. The molecule has 0 bridgehead atoms. The van der Waals surface area contributed by atoms with Crippen molar-refractivity contribution < 1.29 is 0 Å². The van der Waals surface area contributed by atoms with Gasteiger partial charge in [0.2, 0.25) is 0 Å². The standard InChI is InChI=1S/C22H27N5O/c1-4-6-7-10-13-26-20-18(22(28)27(14-23-20)15(3)5-2)19-21(26)25-17-12-9-8-11-16(17)24-19/h8-9,11-12,14-15H,4-7,10,13H2,1-3H3. The Balaban J connectivity index is 2.00. The SMILES string of the molecule is CCCCCCn1c2nc3ccccc3nc2c2c(=O)n(C(C)CC)cnc21. The Hall–Kier alpha value is -2.76. The molecule has 1 unspecified atom stereocenters. The Bertz CT molecular complexity index is 1190. The molecular weight excluding hydrogens is 350 g/mol. The molecule has 4 rings (SSSR count). The van der Waals surface area contributed by atoms with Crippen molar-refractivity contribution in [2.45, 2.75) is 65.5 Å². The number of benzene rings is 1. The van der Waals surface area contributed by atoms with Gasteiger partial charge < -0.3 is 4.57 Å². The third-order valence-corrected chi connectivity index (χ3v) is 5.58. The number of para-hydroxylation sites is 2. The minimum atomic E-state index is -0.0266. The van der Waals surface area contributed by atoms with Crippen molar-refractivity contribution >= 4 is 33.2 Å². The van der Waals surface area contributed by atoms with E-state index in [0.717, 1.165) is 42.5 Å². The van der Waals surface area contributed by atoms with E-state index in [4.69, 9.17) is 9.97 Å².